The van der Waals surface area contributed by atoms with Gasteiger partial charge in [0.05, 0.1) is 15.1 Å². The highest BCUT2D eigenvalue weighted by atomic mass is 35.5. The first-order valence-corrected chi connectivity index (χ1v) is 10.7. The first-order valence-electron chi connectivity index (χ1n) is 9.57. The zero-order valence-corrected chi connectivity index (χ0v) is 19.4. The number of hydrogen-bond acceptors (Lipinski definition) is 3. The number of hydrogen-bond donors (Lipinski definition) is 1. The van der Waals surface area contributed by atoms with Crippen molar-refractivity contribution in [1.29, 1.82) is 0 Å². The molecule has 1 unspecified atom stereocenters. The van der Waals surface area contributed by atoms with E-state index in [1.807, 2.05) is 13.8 Å². The molecule has 0 aliphatic carbocycles. The smallest absolute Gasteiger partial charge is 0.261 e. The SMILES string of the molecule is CC(C)CNC(=O)C(C)N(Cc1ccc(Cl)c(Cl)c1)C(=O)COc1ccccc1Cl. The van der Waals surface area contributed by atoms with Crippen LogP contribution in [0.15, 0.2) is 42.5 Å². The van der Waals surface area contributed by atoms with Crippen LogP contribution in [0, 0.1) is 5.92 Å². The Hall–Kier alpha value is -1.95. The Kier molecular flexibility index (Phi) is 9.28. The minimum absolute atomic E-state index is 0.178. The predicted octanol–water partition coefficient (Wildman–Crippen LogP) is 5.22. The molecule has 0 spiro atoms. The summed E-state index contributed by atoms with van der Waals surface area (Å²) < 4.78 is 5.59. The minimum Gasteiger partial charge on any atom is -0.482 e. The first-order chi connectivity index (χ1) is 14.2. The van der Waals surface area contributed by atoms with Gasteiger partial charge in [-0.15, -0.1) is 0 Å². The molecular weight excluding hydrogens is 447 g/mol. The molecule has 5 nitrogen and oxygen atoms in total. The third-order valence-electron chi connectivity index (χ3n) is 4.38. The number of halogens is 3. The number of nitrogens with one attached hydrogen (secondary N) is 1. The number of para-hydroxylation sites is 1. The second-order valence-electron chi connectivity index (χ2n) is 7.30. The lowest BCUT2D eigenvalue weighted by atomic mass is 10.1. The number of amides is 2. The highest BCUT2D eigenvalue weighted by Crippen LogP contribution is 2.25. The van der Waals surface area contributed by atoms with Gasteiger partial charge in [-0.1, -0.05) is 66.8 Å². The van der Waals surface area contributed by atoms with Crippen molar-refractivity contribution in [3.63, 3.8) is 0 Å². The largest absolute Gasteiger partial charge is 0.482 e. The average molecular weight is 472 g/mol. The molecular formula is C22H25Cl3N2O3. The highest BCUT2D eigenvalue weighted by molar-refractivity contribution is 6.42. The maximum atomic E-state index is 13.0. The lowest BCUT2D eigenvalue weighted by Crippen LogP contribution is -2.49. The molecule has 1 N–H and O–H groups in total. The summed E-state index contributed by atoms with van der Waals surface area (Å²) in [5.74, 6) is 0.103. The van der Waals surface area contributed by atoms with Gasteiger partial charge >= 0.3 is 0 Å². The molecule has 8 heteroatoms. The Balaban J connectivity index is 2.18. The highest BCUT2D eigenvalue weighted by Gasteiger charge is 2.27. The van der Waals surface area contributed by atoms with Gasteiger partial charge in [-0.3, -0.25) is 9.59 Å². The zero-order chi connectivity index (χ0) is 22.3. The summed E-state index contributed by atoms with van der Waals surface area (Å²) >= 11 is 18.2. The maximum Gasteiger partial charge on any atom is 0.261 e. The van der Waals surface area contributed by atoms with Gasteiger partial charge in [-0.25, -0.2) is 0 Å². The Labute approximate surface area is 192 Å². The summed E-state index contributed by atoms with van der Waals surface area (Å²) in [7, 11) is 0. The van der Waals surface area contributed by atoms with Crippen molar-refractivity contribution in [2.45, 2.75) is 33.4 Å². The van der Waals surface area contributed by atoms with Crippen molar-refractivity contribution in [2.24, 2.45) is 5.92 Å². The van der Waals surface area contributed by atoms with Crippen molar-refractivity contribution >= 4 is 46.6 Å². The summed E-state index contributed by atoms with van der Waals surface area (Å²) in [6.45, 7) is 6.13. The van der Waals surface area contributed by atoms with Crippen molar-refractivity contribution in [2.75, 3.05) is 13.2 Å². The van der Waals surface area contributed by atoms with Gasteiger partial charge in [0.1, 0.15) is 11.8 Å². The van der Waals surface area contributed by atoms with E-state index in [-0.39, 0.29) is 25.0 Å². The van der Waals surface area contributed by atoms with Crippen LogP contribution in [-0.4, -0.2) is 35.9 Å². The number of carbonyl (C=O) groups is 2. The van der Waals surface area contributed by atoms with E-state index < -0.39 is 6.04 Å². The van der Waals surface area contributed by atoms with E-state index >= 15 is 0 Å². The topological polar surface area (TPSA) is 58.6 Å². The third-order valence-corrected chi connectivity index (χ3v) is 5.43. The Morgan fingerprint density at radius 2 is 1.70 bits per heavy atom. The molecule has 2 aromatic carbocycles. The molecule has 2 amide bonds. The van der Waals surface area contributed by atoms with Crippen LogP contribution in [0.4, 0.5) is 0 Å². The molecule has 0 saturated carbocycles. The van der Waals surface area contributed by atoms with Crippen LogP contribution < -0.4 is 10.1 Å². The van der Waals surface area contributed by atoms with E-state index in [9.17, 15) is 9.59 Å². The third kappa shape index (κ3) is 7.08. The maximum absolute atomic E-state index is 13.0. The van der Waals surface area contributed by atoms with Crippen LogP contribution in [0.25, 0.3) is 0 Å². The van der Waals surface area contributed by atoms with Crippen LogP contribution in [0.3, 0.4) is 0 Å². The van der Waals surface area contributed by atoms with E-state index in [1.54, 1.807) is 49.4 Å². The van der Waals surface area contributed by atoms with Gasteiger partial charge in [0, 0.05) is 13.1 Å². The molecule has 1 atom stereocenters. The summed E-state index contributed by atoms with van der Waals surface area (Å²) in [6.07, 6.45) is 0. The molecule has 0 bridgehead atoms. The number of nitrogens with zero attached hydrogens (tertiary/aromatic N) is 1. The second-order valence-corrected chi connectivity index (χ2v) is 8.53. The second kappa shape index (κ2) is 11.4. The van der Waals surface area contributed by atoms with E-state index in [2.05, 4.69) is 5.32 Å². The van der Waals surface area contributed by atoms with Crippen LogP contribution in [0.1, 0.15) is 26.3 Å². The minimum atomic E-state index is -0.708. The van der Waals surface area contributed by atoms with Gasteiger partial charge in [0.25, 0.3) is 5.91 Å². The van der Waals surface area contributed by atoms with Crippen LogP contribution in [0.5, 0.6) is 5.75 Å². The monoisotopic (exact) mass is 470 g/mol. The number of carbonyl (C=O) groups excluding carboxylic acids is 2. The molecule has 0 aliphatic heterocycles. The molecule has 30 heavy (non-hydrogen) atoms. The fourth-order valence-electron chi connectivity index (χ4n) is 2.65. The normalized spacial score (nSPS) is 11.8. The standard InChI is InChI=1S/C22H25Cl3N2O3/c1-14(2)11-26-22(29)15(3)27(12-16-8-9-17(23)19(25)10-16)21(28)13-30-20-7-5-4-6-18(20)24/h4-10,14-15H,11-13H2,1-3H3,(H,26,29). The molecule has 0 heterocycles. The van der Waals surface area contributed by atoms with E-state index in [0.717, 1.165) is 5.56 Å². The lowest BCUT2D eigenvalue weighted by molar-refractivity contribution is -0.142. The first kappa shape index (κ1) is 24.3. The quantitative estimate of drug-likeness (QED) is 0.546. The molecule has 2 aromatic rings. The Morgan fingerprint density at radius 3 is 2.33 bits per heavy atom. The molecule has 0 fully saturated rings. The van der Waals surface area contributed by atoms with Gasteiger partial charge in [0.2, 0.25) is 5.91 Å². The van der Waals surface area contributed by atoms with Gasteiger partial charge in [-0.2, -0.15) is 0 Å². The average Bonchev–Trinajstić information content (AvgIpc) is 2.71. The Bertz CT molecular complexity index is 890. The molecule has 2 rings (SSSR count). The fourth-order valence-corrected chi connectivity index (χ4v) is 3.16. The van der Waals surface area contributed by atoms with Gasteiger partial charge in [0.15, 0.2) is 6.61 Å². The molecule has 0 aliphatic rings. The number of rotatable bonds is 9. The molecule has 0 aromatic heterocycles. The van der Waals surface area contributed by atoms with Crippen LogP contribution >= 0.6 is 34.8 Å². The molecule has 162 valence electrons. The summed E-state index contributed by atoms with van der Waals surface area (Å²) in [6, 6.07) is 11.3. The van der Waals surface area contributed by atoms with Gasteiger partial charge < -0.3 is 15.0 Å². The van der Waals surface area contributed by atoms with E-state index in [1.165, 1.54) is 4.90 Å². The Morgan fingerprint density at radius 1 is 1.00 bits per heavy atom. The van der Waals surface area contributed by atoms with Crippen LogP contribution in [0.2, 0.25) is 15.1 Å². The van der Waals surface area contributed by atoms with E-state index in [0.29, 0.717) is 33.3 Å². The van der Waals surface area contributed by atoms with E-state index in [4.69, 9.17) is 39.5 Å². The lowest BCUT2D eigenvalue weighted by Gasteiger charge is -2.29. The summed E-state index contributed by atoms with van der Waals surface area (Å²) in [5, 5.41) is 4.07. The zero-order valence-electron chi connectivity index (χ0n) is 17.1. The summed E-state index contributed by atoms with van der Waals surface area (Å²) in [4.78, 5) is 27.1. The van der Waals surface area contributed by atoms with Crippen molar-refractivity contribution in [3.05, 3.63) is 63.1 Å². The van der Waals surface area contributed by atoms with Crippen molar-refractivity contribution in [1.82, 2.24) is 10.2 Å². The van der Waals surface area contributed by atoms with Gasteiger partial charge in [-0.05, 0) is 42.7 Å². The summed E-state index contributed by atoms with van der Waals surface area (Å²) in [5.41, 5.74) is 0.749. The van der Waals surface area contributed by atoms with Crippen molar-refractivity contribution < 1.29 is 14.3 Å². The number of benzene rings is 2. The predicted molar refractivity (Wildman–Crippen MR) is 121 cm³/mol. The fraction of sp³-hybridized carbons (Fsp3) is 0.364. The van der Waals surface area contributed by atoms with Crippen molar-refractivity contribution in [3.8, 4) is 5.75 Å². The van der Waals surface area contributed by atoms with Crippen LogP contribution in [-0.2, 0) is 16.1 Å². The number of ether oxygens (including phenoxy) is 1. The molecule has 0 saturated heterocycles. The molecule has 0 radical (unpaired) electrons.